The van der Waals surface area contributed by atoms with Crippen molar-refractivity contribution in [3.8, 4) is 0 Å². The van der Waals surface area contributed by atoms with E-state index < -0.39 is 22.1 Å². The maximum Gasteiger partial charge on any atom is 0.306 e. The zero-order valence-corrected chi connectivity index (χ0v) is 12.5. The Morgan fingerprint density at radius 1 is 1.30 bits per heavy atom. The van der Waals surface area contributed by atoms with Crippen molar-refractivity contribution in [2.24, 2.45) is 5.92 Å². The Hall–Kier alpha value is -0.700. The Bertz CT molecular complexity index is 441. The molecule has 1 aliphatic heterocycles. The standard InChI is InChI=1S/C12H22N2O5S/c1-19-9-8-14(11-2-3-11)20(17,18)13-6-4-10(5-7-13)12(15)16/h10-11H,2-9H2,1H3,(H,15,16). The lowest BCUT2D eigenvalue weighted by atomic mass is 9.99. The van der Waals surface area contributed by atoms with E-state index in [2.05, 4.69) is 0 Å². The molecule has 0 amide bonds. The summed E-state index contributed by atoms with van der Waals surface area (Å²) in [5.74, 6) is -1.25. The summed E-state index contributed by atoms with van der Waals surface area (Å²) in [6.07, 6.45) is 2.57. The first kappa shape index (κ1) is 15.7. The Balaban J connectivity index is 2.00. The van der Waals surface area contributed by atoms with Crippen LogP contribution in [0, 0.1) is 5.92 Å². The van der Waals surface area contributed by atoms with E-state index in [1.54, 1.807) is 7.11 Å². The molecule has 2 fully saturated rings. The van der Waals surface area contributed by atoms with Crippen molar-refractivity contribution in [3.05, 3.63) is 0 Å². The molecule has 2 aliphatic rings. The van der Waals surface area contributed by atoms with Gasteiger partial charge in [-0.05, 0) is 25.7 Å². The Morgan fingerprint density at radius 2 is 1.90 bits per heavy atom. The predicted octanol–water partition coefficient (Wildman–Crippen LogP) is 0.139. The maximum atomic E-state index is 12.6. The van der Waals surface area contributed by atoms with E-state index in [0.29, 0.717) is 26.0 Å². The number of carboxylic acids is 1. The van der Waals surface area contributed by atoms with E-state index in [9.17, 15) is 13.2 Å². The van der Waals surface area contributed by atoms with Gasteiger partial charge >= 0.3 is 5.97 Å². The van der Waals surface area contributed by atoms with E-state index in [1.807, 2.05) is 0 Å². The van der Waals surface area contributed by atoms with Crippen molar-refractivity contribution in [2.45, 2.75) is 31.7 Å². The highest BCUT2D eigenvalue weighted by molar-refractivity contribution is 7.86. The first-order chi connectivity index (χ1) is 9.46. The molecule has 0 aromatic rings. The summed E-state index contributed by atoms with van der Waals surface area (Å²) in [6.45, 7) is 1.31. The molecule has 20 heavy (non-hydrogen) atoms. The van der Waals surface area contributed by atoms with Crippen LogP contribution >= 0.6 is 0 Å². The average molecular weight is 306 g/mol. The van der Waals surface area contributed by atoms with Gasteiger partial charge in [-0.25, -0.2) is 0 Å². The number of ether oxygens (including phenoxy) is 1. The van der Waals surface area contributed by atoms with Crippen molar-refractivity contribution >= 4 is 16.2 Å². The molecule has 0 atom stereocenters. The van der Waals surface area contributed by atoms with E-state index in [0.717, 1.165) is 12.8 Å². The predicted molar refractivity (Wildman–Crippen MR) is 72.5 cm³/mol. The van der Waals surface area contributed by atoms with Gasteiger partial charge in [0, 0.05) is 32.8 Å². The van der Waals surface area contributed by atoms with Crippen LogP contribution in [-0.2, 0) is 19.7 Å². The molecule has 2 rings (SSSR count). The quantitative estimate of drug-likeness (QED) is 0.723. The van der Waals surface area contributed by atoms with Gasteiger partial charge in [-0.1, -0.05) is 0 Å². The first-order valence-electron chi connectivity index (χ1n) is 6.95. The maximum absolute atomic E-state index is 12.6. The molecule has 116 valence electrons. The van der Waals surface area contributed by atoms with Crippen molar-refractivity contribution in [1.29, 1.82) is 0 Å². The number of hydrogen-bond donors (Lipinski definition) is 1. The molecule has 0 radical (unpaired) electrons. The smallest absolute Gasteiger partial charge is 0.306 e. The number of methoxy groups -OCH3 is 1. The molecule has 7 nitrogen and oxygen atoms in total. The lowest BCUT2D eigenvalue weighted by molar-refractivity contribution is -0.142. The Morgan fingerprint density at radius 3 is 2.35 bits per heavy atom. The highest BCUT2D eigenvalue weighted by Crippen LogP contribution is 2.31. The third-order valence-electron chi connectivity index (χ3n) is 3.90. The lowest BCUT2D eigenvalue weighted by Crippen LogP contribution is -2.49. The molecule has 1 heterocycles. The number of rotatable bonds is 7. The fraction of sp³-hybridized carbons (Fsp3) is 0.917. The van der Waals surface area contributed by atoms with Crippen LogP contribution < -0.4 is 0 Å². The van der Waals surface area contributed by atoms with Gasteiger partial charge in [0.1, 0.15) is 0 Å². The molecular weight excluding hydrogens is 284 g/mol. The lowest BCUT2D eigenvalue weighted by Gasteiger charge is -2.33. The van der Waals surface area contributed by atoms with Crippen LogP contribution in [0.4, 0.5) is 0 Å². The summed E-state index contributed by atoms with van der Waals surface area (Å²) >= 11 is 0. The fourth-order valence-corrected chi connectivity index (χ4v) is 4.37. The van der Waals surface area contributed by atoms with Crippen LogP contribution in [0.3, 0.4) is 0 Å². The van der Waals surface area contributed by atoms with Crippen molar-refractivity contribution in [3.63, 3.8) is 0 Å². The highest BCUT2D eigenvalue weighted by atomic mass is 32.2. The monoisotopic (exact) mass is 306 g/mol. The second kappa shape index (κ2) is 6.38. The molecule has 0 aromatic carbocycles. The van der Waals surface area contributed by atoms with Crippen molar-refractivity contribution in [1.82, 2.24) is 8.61 Å². The third-order valence-corrected chi connectivity index (χ3v) is 5.99. The van der Waals surface area contributed by atoms with Crippen molar-refractivity contribution < 1.29 is 23.1 Å². The molecular formula is C12H22N2O5S. The van der Waals surface area contributed by atoms with Gasteiger partial charge in [0.25, 0.3) is 10.2 Å². The highest BCUT2D eigenvalue weighted by Gasteiger charge is 2.41. The van der Waals surface area contributed by atoms with Gasteiger partial charge in [0.15, 0.2) is 0 Å². The fourth-order valence-electron chi connectivity index (χ4n) is 2.51. The minimum absolute atomic E-state index is 0.0901. The van der Waals surface area contributed by atoms with Gasteiger partial charge in [0.2, 0.25) is 0 Å². The summed E-state index contributed by atoms with van der Waals surface area (Å²) in [4.78, 5) is 10.9. The second-order valence-corrected chi connectivity index (χ2v) is 7.24. The van der Waals surface area contributed by atoms with Crippen LogP contribution in [0.25, 0.3) is 0 Å². The molecule has 8 heteroatoms. The third kappa shape index (κ3) is 3.49. The topological polar surface area (TPSA) is 87.2 Å². The van der Waals surface area contributed by atoms with Crippen LogP contribution in [0.5, 0.6) is 0 Å². The zero-order valence-electron chi connectivity index (χ0n) is 11.7. The van der Waals surface area contributed by atoms with Crippen LogP contribution in [0.1, 0.15) is 25.7 Å². The van der Waals surface area contributed by atoms with E-state index >= 15 is 0 Å². The van der Waals surface area contributed by atoms with Crippen LogP contribution in [0.2, 0.25) is 0 Å². The number of hydrogen-bond acceptors (Lipinski definition) is 4. The van der Waals surface area contributed by atoms with Gasteiger partial charge in [0.05, 0.1) is 12.5 Å². The van der Waals surface area contributed by atoms with Gasteiger partial charge < -0.3 is 9.84 Å². The van der Waals surface area contributed by atoms with Crippen LogP contribution in [0.15, 0.2) is 0 Å². The zero-order chi connectivity index (χ0) is 14.8. The minimum Gasteiger partial charge on any atom is -0.481 e. The minimum atomic E-state index is -3.49. The summed E-state index contributed by atoms with van der Waals surface area (Å²) in [5.41, 5.74) is 0. The number of carboxylic acid groups (broad SMARTS) is 1. The average Bonchev–Trinajstić information content (AvgIpc) is 3.23. The summed E-state index contributed by atoms with van der Waals surface area (Å²) in [6, 6.07) is 0.0901. The molecule has 0 aromatic heterocycles. The summed E-state index contributed by atoms with van der Waals surface area (Å²) < 4.78 is 33.1. The molecule has 1 aliphatic carbocycles. The largest absolute Gasteiger partial charge is 0.481 e. The number of aliphatic carboxylic acids is 1. The molecule has 0 bridgehead atoms. The van der Waals surface area contributed by atoms with Crippen LogP contribution in [-0.4, -0.2) is 67.5 Å². The van der Waals surface area contributed by atoms with Gasteiger partial charge in [-0.3, -0.25) is 4.79 Å². The number of carbonyl (C=O) groups is 1. The SMILES string of the molecule is COCCN(C1CC1)S(=O)(=O)N1CCC(C(=O)O)CC1. The van der Waals surface area contributed by atoms with E-state index in [4.69, 9.17) is 9.84 Å². The first-order valence-corrected chi connectivity index (χ1v) is 8.35. The van der Waals surface area contributed by atoms with Gasteiger partial charge in [-0.2, -0.15) is 17.0 Å². The Labute approximate surface area is 119 Å². The molecule has 0 spiro atoms. The Kier molecular flexibility index (Phi) is 5.00. The van der Waals surface area contributed by atoms with Crippen molar-refractivity contribution in [2.75, 3.05) is 33.4 Å². The molecule has 0 unspecified atom stereocenters. The molecule has 1 N–H and O–H groups in total. The number of piperidine rings is 1. The summed E-state index contributed by atoms with van der Waals surface area (Å²) in [7, 11) is -1.94. The second-order valence-electron chi connectivity index (χ2n) is 5.35. The molecule has 1 saturated heterocycles. The van der Waals surface area contributed by atoms with E-state index in [1.165, 1.54) is 8.61 Å². The van der Waals surface area contributed by atoms with Gasteiger partial charge in [-0.15, -0.1) is 0 Å². The summed E-state index contributed by atoms with van der Waals surface area (Å²) in [5, 5.41) is 8.96. The van der Waals surface area contributed by atoms with E-state index in [-0.39, 0.29) is 19.1 Å². The number of nitrogens with zero attached hydrogens (tertiary/aromatic N) is 2. The molecule has 1 saturated carbocycles. The normalized spacial score (nSPS) is 22.3.